The van der Waals surface area contributed by atoms with Crippen molar-refractivity contribution in [1.29, 1.82) is 0 Å². The van der Waals surface area contributed by atoms with E-state index >= 15 is 0 Å². The quantitative estimate of drug-likeness (QED) is 0.0199. The van der Waals surface area contributed by atoms with Gasteiger partial charge in [-0.15, -0.1) is 0 Å². The van der Waals surface area contributed by atoms with E-state index in [4.69, 9.17) is 28.4 Å². The van der Waals surface area contributed by atoms with Crippen LogP contribution in [0.2, 0.25) is 0 Å². The lowest BCUT2D eigenvalue weighted by Crippen LogP contribution is -2.66. The number of hydrogen-bond acceptors (Lipinski definition) is 18. The maximum atomic E-state index is 13.4. The molecule has 95 heavy (non-hydrogen) atoms. The molecule has 0 aromatic heterocycles. The van der Waals surface area contributed by atoms with Crippen LogP contribution in [0.5, 0.6) is 0 Å². The second kappa shape index (κ2) is 56.2. The Bertz CT molecular complexity index is 2140. The number of ether oxygens (including phenoxy) is 6. The molecule has 3 aliphatic heterocycles. The van der Waals surface area contributed by atoms with E-state index in [1.165, 1.54) is 116 Å². The molecule has 0 aliphatic carbocycles. The van der Waals surface area contributed by atoms with Gasteiger partial charge in [-0.25, -0.2) is 0 Å². The zero-order valence-electron chi connectivity index (χ0n) is 57.9. The van der Waals surface area contributed by atoms with Crippen LogP contribution in [0.25, 0.3) is 0 Å². The Kier molecular flexibility index (Phi) is 50.7. The first-order chi connectivity index (χ1) is 46.3. The lowest BCUT2D eigenvalue weighted by Gasteiger charge is -2.48. The van der Waals surface area contributed by atoms with E-state index in [9.17, 15) is 61.0 Å². The van der Waals surface area contributed by atoms with Gasteiger partial charge < -0.3 is 89.9 Å². The van der Waals surface area contributed by atoms with E-state index in [0.29, 0.717) is 12.8 Å². The Hall–Kier alpha value is -3.55. The third kappa shape index (κ3) is 37.5. The SMILES string of the molecule is CC/C=C\C/C=C\C/C=C\C/C=C\C/C=C\C/C=C\C/C=C\CCCCCCCCCCCCCCCCCCCC(=O)NC(COC1OC(CO)C(OC2OC(CO)C(OC3OC(CO)C(O)C(O)C3O)C(O)C2O)C(O)C1O)C(O)/C=C/CC/C=C/CCCCCCC. The van der Waals surface area contributed by atoms with Crippen LogP contribution in [0.4, 0.5) is 0 Å². The number of aliphatic hydroxyl groups is 11. The Morgan fingerprint density at radius 3 is 1.18 bits per heavy atom. The molecule has 12 N–H and O–H groups in total. The van der Waals surface area contributed by atoms with Gasteiger partial charge in [-0.1, -0.05) is 245 Å². The molecule has 0 spiro atoms. The molecule has 19 heteroatoms. The largest absolute Gasteiger partial charge is 0.394 e. The summed E-state index contributed by atoms with van der Waals surface area (Å²) in [6.07, 6.45) is 49.6. The highest BCUT2D eigenvalue weighted by atomic mass is 16.8. The molecule has 0 saturated carbocycles. The smallest absolute Gasteiger partial charge is 0.220 e. The minimum atomic E-state index is -1.98. The highest BCUT2D eigenvalue weighted by Gasteiger charge is 2.53. The second-order valence-corrected chi connectivity index (χ2v) is 25.7. The first-order valence-electron chi connectivity index (χ1n) is 36.6. The summed E-state index contributed by atoms with van der Waals surface area (Å²) in [5.74, 6) is -0.289. The fourth-order valence-electron chi connectivity index (χ4n) is 11.7. The van der Waals surface area contributed by atoms with Gasteiger partial charge >= 0.3 is 0 Å². The summed E-state index contributed by atoms with van der Waals surface area (Å²) in [5.41, 5.74) is 0. The minimum Gasteiger partial charge on any atom is -0.394 e. The predicted molar refractivity (Wildman–Crippen MR) is 374 cm³/mol. The molecule has 17 unspecified atom stereocenters. The number of aliphatic hydroxyl groups excluding tert-OH is 11. The first kappa shape index (κ1) is 85.7. The van der Waals surface area contributed by atoms with Crippen molar-refractivity contribution in [3.8, 4) is 0 Å². The van der Waals surface area contributed by atoms with Crippen molar-refractivity contribution in [3.63, 3.8) is 0 Å². The summed E-state index contributed by atoms with van der Waals surface area (Å²) in [5, 5.41) is 120. The number of carbonyl (C=O) groups excluding carboxylic acids is 1. The highest BCUT2D eigenvalue weighted by molar-refractivity contribution is 5.76. The number of carbonyl (C=O) groups is 1. The molecule has 3 heterocycles. The van der Waals surface area contributed by atoms with Crippen LogP contribution >= 0.6 is 0 Å². The van der Waals surface area contributed by atoms with Gasteiger partial charge in [0.05, 0.1) is 38.6 Å². The maximum Gasteiger partial charge on any atom is 0.220 e. The van der Waals surface area contributed by atoms with Gasteiger partial charge in [0.15, 0.2) is 18.9 Å². The lowest BCUT2D eigenvalue weighted by atomic mass is 9.96. The molecular formula is C76H129NO18. The third-order valence-corrected chi connectivity index (χ3v) is 17.6. The zero-order chi connectivity index (χ0) is 68.9. The minimum absolute atomic E-state index is 0.231. The highest BCUT2D eigenvalue weighted by Crippen LogP contribution is 2.33. The molecule has 3 rings (SSSR count). The maximum absolute atomic E-state index is 13.4. The number of amides is 1. The second-order valence-electron chi connectivity index (χ2n) is 25.7. The Balaban J connectivity index is 1.30. The van der Waals surface area contributed by atoms with Crippen molar-refractivity contribution in [2.45, 2.75) is 336 Å². The van der Waals surface area contributed by atoms with E-state index in [1.807, 2.05) is 6.08 Å². The van der Waals surface area contributed by atoms with Crippen LogP contribution in [0, 0.1) is 0 Å². The average molecular weight is 1340 g/mol. The first-order valence-corrected chi connectivity index (χ1v) is 36.6. The molecular weight excluding hydrogens is 1210 g/mol. The molecule has 19 nitrogen and oxygen atoms in total. The van der Waals surface area contributed by atoms with E-state index < -0.39 is 124 Å². The van der Waals surface area contributed by atoms with Crippen LogP contribution in [0.1, 0.15) is 232 Å². The number of unbranched alkanes of at least 4 members (excludes halogenated alkanes) is 23. The van der Waals surface area contributed by atoms with Crippen LogP contribution in [0.3, 0.4) is 0 Å². The van der Waals surface area contributed by atoms with Crippen LogP contribution in [0.15, 0.2) is 109 Å². The molecule has 17 atom stereocenters. The van der Waals surface area contributed by atoms with Gasteiger partial charge in [-0.3, -0.25) is 4.79 Å². The number of allylic oxidation sites excluding steroid dienone is 17. The van der Waals surface area contributed by atoms with Crippen LogP contribution < -0.4 is 5.32 Å². The summed E-state index contributed by atoms with van der Waals surface area (Å²) in [4.78, 5) is 13.4. The molecule has 3 aliphatic rings. The van der Waals surface area contributed by atoms with Crippen LogP contribution in [-0.4, -0.2) is 193 Å². The summed E-state index contributed by atoms with van der Waals surface area (Å²) in [6.45, 7) is 1.55. The van der Waals surface area contributed by atoms with Gasteiger partial charge in [-0.05, 0) is 89.9 Å². The van der Waals surface area contributed by atoms with E-state index in [-0.39, 0.29) is 18.9 Å². The van der Waals surface area contributed by atoms with Gasteiger partial charge in [0, 0.05) is 6.42 Å². The summed E-state index contributed by atoms with van der Waals surface area (Å²) in [6, 6.07) is -0.993. The third-order valence-electron chi connectivity index (χ3n) is 17.6. The summed E-state index contributed by atoms with van der Waals surface area (Å²) < 4.78 is 34.3. The number of hydrogen-bond donors (Lipinski definition) is 12. The van der Waals surface area contributed by atoms with Crippen molar-refractivity contribution >= 4 is 5.91 Å². The van der Waals surface area contributed by atoms with Crippen molar-refractivity contribution < 1.29 is 89.4 Å². The molecule has 1 amide bonds. The molecule has 0 bridgehead atoms. The van der Waals surface area contributed by atoms with Crippen LogP contribution in [-0.2, 0) is 33.2 Å². The van der Waals surface area contributed by atoms with Gasteiger partial charge in [-0.2, -0.15) is 0 Å². The molecule has 546 valence electrons. The van der Waals surface area contributed by atoms with Crippen molar-refractivity contribution in [1.82, 2.24) is 5.32 Å². The molecule has 0 aromatic rings. The van der Waals surface area contributed by atoms with Gasteiger partial charge in [0.1, 0.15) is 73.2 Å². The standard InChI is InChI=1S/C76H129NO18/c1-3-5-7-9-11-13-15-16-17-18-19-20-21-22-23-24-25-26-27-28-29-30-31-32-33-34-35-36-37-38-39-40-41-42-44-46-48-50-52-54-64(82)77-59(60(81)53-51-49-47-45-43-14-12-10-8-6-4-2)58-90-74-70(88)67(85)72(62(56-79)92-74)95-76-71(89)68(86)73(63(57-80)93-76)94-75-69(87)66(84)65(83)61(55-78)91-75/h5,7,11,13,16-17,19-20,22-23,25-26,28-29,43,45,51,53,59-63,65-76,78-81,83-89H,3-4,6,8-10,12,14-15,18,21,24,27,30-42,44,46-50,52,54-58H2,1-2H3,(H,77,82)/b7-5-,13-11-,17-16-,20-19-,23-22-,26-25-,29-28-,45-43+,53-51+. The van der Waals surface area contributed by atoms with E-state index in [0.717, 1.165) is 83.5 Å². The number of rotatable bonds is 55. The predicted octanol–water partition coefficient (Wildman–Crippen LogP) is 10.6. The van der Waals surface area contributed by atoms with E-state index in [1.54, 1.807) is 6.08 Å². The Morgan fingerprint density at radius 2 is 0.737 bits per heavy atom. The fourth-order valence-corrected chi connectivity index (χ4v) is 11.7. The molecule has 3 fully saturated rings. The Morgan fingerprint density at radius 1 is 0.389 bits per heavy atom. The number of nitrogens with one attached hydrogen (secondary N) is 1. The zero-order valence-corrected chi connectivity index (χ0v) is 57.9. The molecule has 0 aromatic carbocycles. The molecule has 0 radical (unpaired) electrons. The topological polar surface area (TPSA) is 307 Å². The normalized spacial score (nSPS) is 27.9. The fraction of sp³-hybridized carbons (Fsp3) is 0.750. The van der Waals surface area contributed by atoms with Crippen molar-refractivity contribution in [2.75, 3.05) is 26.4 Å². The van der Waals surface area contributed by atoms with Gasteiger partial charge in [0.2, 0.25) is 5.91 Å². The van der Waals surface area contributed by atoms with Crippen molar-refractivity contribution in [3.05, 3.63) is 109 Å². The van der Waals surface area contributed by atoms with E-state index in [2.05, 4.69) is 116 Å². The lowest BCUT2D eigenvalue weighted by molar-refractivity contribution is -0.379. The summed E-state index contributed by atoms with van der Waals surface area (Å²) in [7, 11) is 0. The Labute approximate surface area is 570 Å². The molecule has 3 saturated heterocycles. The average Bonchev–Trinajstić information content (AvgIpc) is 0.787. The van der Waals surface area contributed by atoms with Crippen molar-refractivity contribution in [2.24, 2.45) is 0 Å². The van der Waals surface area contributed by atoms with Gasteiger partial charge in [0.25, 0.3) is 0 Å². The monoisotopic (exact) mass is 1340 g/mol. The summed E-state index contributed by atoms with van der Waals surface area (Å²) >= 11 is 0.